The van der Waals surface area contributed by atoms with Gasteiger partial charge in [-0.2, -0.15) is 0 Å². The zero-order valence-corrected chi connectivity index (χ0v) is 17.1. The van der Waals surface area contributed by atoms with Gasteiger partial charge in [-0.3, -0.25) is 9.59 Å². The van der Waals surface area contributed by atoms with E-state index in [1.54, 1.807) is 23.1 Å². The summed E-state index contributed by atoms with van der Waals surface area (Å²) in [5.74, 6) is 0.137. The van der Waals surface area contributed by atoms with E-state index < -0.39 is 12.1 Å². The first kappa shape index (κ1) is 21.3. The minimum atomic E-state index is -0.711. The Hall–Kier alpha value is -3.39. The quantitative estimate of drug-likeness (QED) is 0.536. The number of aromatic nitrogens is 2. The van der Waals surface area contributed by atoms with E-state index in [-0.39, 0.29) is 24.4 Å². The smallest absolute Gasteiger partial charge is 0.312 e. The summed E-state index contributed by atoms with van der Waals surface area (Å²) in [6, 6.07) is 12.7. The molecule has 3 amide bonds. The van der Waals surface area contributed by atoms with Crippen molar-refractivity contribution in [2.45, 2.75) is 25.9 Å². The van der Waals surface area contributed by atoms with Crippen molar-refractivity contribution in [1.82, 2.24) is 20.2 Å². The minimum Gasteiger partial charge on any atom is -0.352 e. The molecule has 1 atom stereocenters. The van der Waals surface area contributed by atoms with Crippen LogP contribution < -0.4 is 16.6 Å². The van der Waals surface area contributed by atoms with Crippen LogP contribution in [0.5, 0.6) is 0 Å². The van der Waals surface area contributed by atoms with Crippen LogP contribution >= 0.6 is 11.6 Å². The van der Waals surface area contributed by atoms with Gasteiger partial charge in [-0.1, -0.05) is 41.9 Å². The summed E-state index contributed by atoms with van der Waals surface area (Å²) in [5.41, 5.74) is 6.22. The molecule has 0 aliphatic carbocycles. The van der Waals surface area contributed by atoms with E-state index in [4.69, 9.17) is 17.3 Å². The normalized spacial score (nSPS) is 11.8. The van der Waals surface area contributed by atoms with E-state index in [9.17, 15) is 14.4 Å². The number of rotatable bonds is 7. The maximum atomic E-state index is 12.9. The van der Waals surface area contributed by atoms with Gasteiger partial charge in [0.2, 0.25) is 5.91 Å². The van der Waals surface area contributed by atoms with Gasteiger partial charge in [0.15, 0.2) is 0 Å². The molecule has 8 nitrogen and oxygen atoms in total. The zero-order valence-electron chi connectivity index (χ0n) is 16.4. The molecule has 1 aromatic heterocycles. The number of nitrogens with one attached hydrogen (secondary N) is 2. The second-order valence-corrected chi connectivity index (χ2v) is 7.19. The first-order valence-electron chi connectivity index (χ1n) is 9.44. The summed E-state index contributed by atoms with van der Waals surface area (Å²) >= 11 is 6.00. The van der Waals surface area contributed by atoms with E-state index in [1.165, 1.54) is 0 Å². The molecule has 30 heavy (non-hydrogen) atoms. The Balaban J connectivity index is 1.81. The van der Waals surface area contributed by atoms with Gasteiger partial charge in [-0.25, -0.2) is 9.78 Å². The number of H-pyrrole nitrogens is 1. The van der Waals surface area contributed by atoms with Crippen LogP contribution in [0, 0.1) is 0 Å². The molecule has 0 saturated carbocycles. The van der Waals surface area contributed by atoms with Crippen LogP contribution in [0.15, 0.2) is 53.3 Å². The van der Waals surface area contributed by atoms with Crippen LogP contribution in [0.4, 0.5) is 4.79 Å². The summed E-state index contributed by atoms with van der Waals surface area (Å²) in [4.78, 5) is 45.4. The standard InChI is InChI=1S/C21H22ClN5O3/c1-2-27(12-18-24-17-10-14(22)8-9-15(17)20(29)26-18)19(28)11-16(25-21(23)30)13-6-4-3-5-7-13/h3-10,16H,2,11-12H2,1H3,(H3,23,25,30)(H,24,26,29)/t16-/m0/s1. The molecule has 4 N–H and O–H groups in total. The van der Waals surface area contributed by atoms with Crippen LogP contribution in [-0.2, 0) is 11.3 Å². The number of benzene rings is 2. The number of aromatic amines is 1. The van der Waals surface area contributed by atoms with Gasteiger partial charge < -0.3 is 20.9 Å². The number of amides is 3. The average molecular weight is 428 g/mol. The highest BCUT2D eigenvalue weighted by Crippen LogP contribution is 2.19. The number of nitrogens with zero attached hydrogens (tertiary/aromatic N) is 2. The number of urea groups is 1. The van der Waals surface area contributed by atoms with E-state index in [2.05, 4.69) is 15.3 Å². The van der Waals surface area contributed by atoms with Crippen LogP contribution in [-0.4, -0.2) is 33.4 Å². The highest BCUT2D eigenvalue weighted by atomic mass is 35.5. The second-order valence-electron chi connectivity index (χ2n) is 6.76. The fourth-order valence-corrected chi connectivity index (χ4v) is 3.37. The zero-order chi connectivity index (χ0) is 21.7. The third-order valence-corrected chi connectivity index (χ3v) is 4.92. The largest absolute Gasteiger partial charge is 0.352 e. The van der Waals surface area contributed by atoms with E-state index in [0.29, 0.717) is 28.3 Å². The lowest BCUT2D eigenvalue weighted by atomic mass is 10.0. The van der Waals surface area contributed by atoms with E-state index >= 15 is 0 Å². The molecule has 9 heteroatoms. The van der Waals surface area contributed by atoms with Gasteiger partial charge >= 0.3 is 6.03 Å². The predicted octanol–water partition coefficient (Wildman–Crippen LogP) is 2.72. The number of hydrogen-bond acceptors (Lipinski definition) is 4. The van der Waals surface area contributed by atoms with Gasteiger partial charge in [0.1, 0.15) is 5.82 Å². The number of halogens is 1. The van der Waals surface area contributed by atoms with Crippen molar-refractivity contribution >= 4 is 34.4 Å². The Labute approximate surface area is 178 Å². The minimum absolute atomic E-state index is 0.0183. The molecule has 0 unspecified atom stereocenters. The van der Waals surface area contributed by atoms with Gasteiger partial charge in [0, 0.05) is 11.6 Å². The van der Waals surface area contributed by atoms with E-state index in [0.717, 1.165) is 5.56 Å². The molecule has 0 fully saturated rings. The Kier molecular flexibility index (Phi) is 6.68. The van der Waals surface area contributed by atoms with Crippen molar-refractivity contribution in [3.8, 4) is 0 Å². The van der Waals surface area contributed by atoms with Crippen molar-refractivity contribution in [2.24, 2.45) is 5.73 Å². The Morgan fingerprint density at radius 2 is 1.97 bits per heavy atom. The fourth-order valence-electron chi connectivity index (χ4n) is 3.21. The molecule has 0 aliphatic heterocycles. The molecule has 3 aromatic rings. The number of primary amides is 1. The highest BCUT2D eigenvalue weighted by molar-refractivity contribution is 6.31. The predicted molar refractivity (Wildman–Crippen MR) is 115 cm³/mol. The van der Waals surface area contributed by atoms with Gasteiger partial charge in [0.25, 0.3) is 5.56 Å². The number of carbonyl (C=O) groups excluding carboxylic acids is 2. The summed E-state index contributed by atoms with van der Waals surface area (Å²) < 4.78 is 0. The van der Waals surface area contributed by atoms with Gasteiger partial charge in [-0.15, -0.1) is 0 Å². The lowest BCUT2D eigenvalue weighted by Gasteiger charge is -2.24. The number of fused-ring (bicyclic) bond motifs is 1. The van der Waals surface area contributed by atoms with Crippen LogP contribution in [0.2, 0.25) is 5.02 Å². The monoisotopic (exact) mass is 427 g/mol. The third kappa shape index (κ3) is 5.15. The van der Waals surface area contributed by atoms with Crippen LogP contribution in [0.3, 0.4) is 0 Å². The van der Waals surface area contributed by atoms with Crippen molar-refractivity contribution < 1.29 is 9.59 Å². The Morgan fingerprint density at radius 1 is 1.23 bits per heavy atom. The Bertz CT molecular complexity index is 1120. The van der Waals surface area contributed by atoms with Crippen LogP contribution in [0.1, 0.15) is 30.8 Å². The first-order chi connectivity index (χ1) is 14.4. The molecule has 0 spiro atoms. The molecule has 3 rings (SSSR count). The second kappa shape index (κ2) is 9.41. The molecular formula is C21H22ClN5O3. The van der Waals surface area contributed by atoms with Crippen LogP contribution in [0.25, 0.3) is 10.9 Å². The SMILES string of the molecule is CCN(Cc1nc2cc(Cl)ccc2c(=O)[nH]1)C(=O)C[C@H](NC(N)=O)c1ccccc1. The van der Waals surface area contributed by atoms with Crippen molar-refractivity contribution in [1.29, 1.82) is 0 Å². The first-order valence-corrected chi connectivity index (χ1v) is 9.82. The summed E-state index contributed by atoms with van der Waals surface area (Å²) in [7, 11) is 0. The van der Waals surface area contributed by atoms with Gasteiger partial charge in [-0.05, 0) is 30.7 Å². The summed E-state index contributed by atoms with van der Waals surface area (Å²) in [6.07, 6.45) is 0.0183. The molecule has 1 heterocycles. The maximum absolute atomic E-state index is 12.9. The van der Waals surface area contributed by atoms with Crippen molar-refractivity contribution in [2.75, 3.05) is 6.54 Å². The highest BCUT2D eigenvalue weighted by Gasteiger charge is 2.21. The Morgan fingerprint density at radius 3 is 2.63 bits per heavy atom. The number of nitrogens with two attached hydrogens (primary N) is 1. The van der Waals surface area contributed by atoms with Crippen molar-refractivity contribution in [3.05, 3.63) is 75.3 Å². The van der Waals surface area contributed by atoms with E-state index in [1.807, 2.05) is 37.3 Å². The summed E-state index contributed by atoms with van der Waals surface area (Å²) in [6.45, 7) is 2.34. The molecule has 0 bridgehead atoms. The third-order valence-electron chi connectivity index (χ3n) is 4.69. The molecule has 0 radical (unpaired) electrons. The fraction of sp³-hybridized carbons (Fsp3) is 0.238. The molecule has 156 valence electrons. The summed E-state index contributed by atoms with van der Waals surface area (Å²) in [5, 5.41) is 3.51. The molecule has 2 aromatic carbocycles. The van der Waals surface area contributed by atoms with Crippen molar-refractivity contribution in [3.63, 3.8) is 0 Å². The lowest BCUT2D eigenvalue weighted by Crippen LogP contribution is -2.38. The molecule has 0 saturated heterocycles. The average Bonchev–Trinajstić information content (AvgIpc) is 2.71. The lowest BCUT2D eigenvalue weighted by molar-refractivity contribution is -0.132. The molecular weight excluding hydrogens is 406 g/mol. The maximum Gasteiger partial charge on any atom is 0.312 e. The topological polar surface area (TPSA) is 121 Å². The number of carbonyl (C=O) groups is 2. The number of hydrogen-bond donors (Lipinski definition) is 3. The van der Waals surface area contributed by atoms with Gasteiger partial charge in [0.05, 0.1) is 29.9 Å². The molecule has 0 aliphatic rings.